The summed E-state index contributed by atoms with van der Waals surface area (Å²) in [5.41, 5.74) is 3.07. The second-order valence-electron chi connectivity index (χ2n) is 7.47. The number of hydrogen-bond donors (Lipinski definition) is 0. The van der Waals surface area contributed by atoms with E-state index in [0.29, 0.717) is 23.7 Å². The maximum atomic E-state index is 13.0. The van der Waals surface area contributed by atoms with Crippen LogP contribution in [0.25, 0.3) is 11.2 Å². The summed E-state index contributed by atoms with van der Waals surface area (Å²) in [5, 5.41) is 0. The number of Topliss-reactive ketones (excluding diaryl/α,β-unsaturated/α-hetero) is 1. The Bertz CT molecular complexity index is 1230. The molecule has 0 bridgehead atoms. The summed E-state index contributed by atoms with van der Waals surface area (Å²) in [5.74, 6) is 0.412. The number of anilines is 2. The van der Waals surface area contributed by atoms with Gasteiger partial charge in [-0.3, -0.25) is 18.7 Å². The van der Waals surface area contributed by atoms with Gasteiger partial charge in [-0.05, 0) is 38.8 Å². The van der Waals surface area contributed by atoms with Gasteiger partial charge in [-0.15, -0.1) is 0 Å². The smallest absolute Gasteiger partial charge is 0.312 e. The predicted molar refractivity (Wildman–Crippen MR) is 107 cm³/mol. The summed E-state index contributed by atoms with van der Waals surface area (Å²) < 4.78 is 4.22. The summed E-state index contributed by atoms with van der Waals surface area (Å²) >= 11 is 0. The van der Waals surface area contributed by atoms with Crippen LogP contribution >= 0.6 is 0 Å². The van der Waals surface area contributed by atoms with E-state index in [9.17, 15) is 14.4 Å². The number of hydrogen-bond acceptors (Lipinski definition) is 5. The lowest BCUT2D eigenvalue weighted by atomic mass is 10.1. The van der Waals surface area contributed by atoms with Gasteiger partial charge in [-0.1, -0.05) is 17.7 Å². The maximum absolute atomic E-state index is 13.0. The SMILES string of the molecule is CC(=O)Cn1c(=O)c2c(nc3n2CCCN3c2ccc(C)cc2C)n(C)c1=O. The summed E-state index contributed by atoms with van der Waals surface area (Å²) in [4.78, 5) is 44.0. The van der Waals surface area contributed by atoms with Crippen molar-refractivity contribution in [1.82, 2.24) is 18.7 Å². The number of imidazole rings is 1. The third-order valence-corrected chi connectivity index (χ3v) is 5.24. The standard InChI is InChI=1S/C20H23N5O3/c1-12-6-7-15(13(2)10-12)23-8-5-9-24-16-17(21-19(23)24)22(4)20(28)25(18(16)27)11-14(3)26/h6-7,10H,5,8-9,11H2,1-4H3. The zero-order chi connectivity index (χ0) is 20.2. The van der Waals surface area contributed by atoms with Gasteiger partial charge in [0.1, 0.15) is 5.78 Å². The third-order valence-electron chi connectivity index (χ3n) is 5.24. The lowest BCUT2D eigenvalue weighted by molar-refractivity contribution is -0.117. The van der Waals surface area contributed by atoms with Gasteiger partial charge in [0.05, 0.1) is 6.54 Å². The van der Waals surface area contributed by atoms with Crippen LogP contribution in [0, 0.1) is 13.8 Å². The fourth-order valence-electron chi connectivity index (χ4n) is 3.96. The Kier molecular flexibility index (Phi) is 4.21. The largest absolute Gasteiger partial charge is 0.332 e. The third kappa shape index (κ3) is 2.67. The van der Waals surface area contributed by atoms with Crippen LogP contribution < -0.4 is 16.1 Å². The first-order valence-electron chi connectivity index (χ1n) is 9.34. The number of aromatic nitrogens is 4. The second kappa shape index (κ2) is 6.47. The van der Waals surface area contributed by atoms with Gasteiger partial charge >= 0.3 is 5.69 Å². The Labute approximate surface area is 161 Å². The zero-order valence-corrected chi connectivity index (χ0v) is 16.5. The molecule has 0 saturated carbocycles. The number of nitrogens with zero attached hydrogens (tertiary/aromatic N) is 5. The number of benzene rings is 1. The van der Waals surface area contributed by atoms with Crippen molar-refractivity contribution in [3.8, 4) is 0 Å². The first kappa shape index (κ1) is 18.2. The van der Waals surface area contributed by atoms with E-state index < -0.39 is 11.2 Å². The highest BCUT2D eigenvalue weighted by molar-refractivity contribution is 5.79. The van der Waals surface area contributed by atoms with Crippen LogP contribution in [0.3, 0.4) is 0 Å². The minimum atomic E-state index is -0.527. The molecule has 8 nitrogen and oxygen atoms in total. The molecule has 0 atom stereocenters. The fourth-order valence-corrected chi connectivity index (χ4v) is 3.96. The molecule has 2 aromatic heterocycles. The number of carbonyl (C=O) groups is 1. The quantitative estimate of drug-likeness (QED) is 0.689. The fraction of sp³-hybridized carbons (Fsp3) is 0.400. The highest BCUT2D eigenvalue weighted by atomic mass is 16.2. The summed E-state index contributed by atoms with van der Waals surface area (Å²) in [7, 11) is 1.58. The topological polar surface area (TPSA) is 82.1 Å². The molecular formula is C20H23N5O3. The number of rotatable bonds is 3. The molecular weight excluding hydrogens is 358 g/mol. The van der Waals surface area contributed by atoms with Gasteiger partial charge < -0.3 is 9.47 Å². The molecule has 0 fully saturated rings. The average Bonchev–Trinajstić information content (AvgIpc) is 3.03. The summed E-state index contributed by atoms with van der Waals surface area (Å²) in [6.07, 6.45) is 0.848. The van der Waals surface area contributed by atoms with Crippen LogP contribution in [0.2, 0.25) is 0 Å². The van der Waals surface area contributed by atoms with Gasteiger partial charge in [0.2, 0.25) is 5.95 Å². The lowest BCUT2D eigenvalue weighted by Gasteiger charge is -2.30. The highest BCUT2D eigenvalue weighted by Gasteiger charge is 2.27. The normalized spacial score (nSPS) is 13.8. The predicted octanol–water partition coefficient (Wildman–Crippen LogP) is 1.64. The summed E-state index contributed by atoms with van der Waals surface area (Å²) in [6, 6.07) is 6.23. The molecule has 0 saturated heterocycles. The monoisotopic (exact) mass is 381 g/mol. The molecule has 1 aliphatic heterocycles. The van der Waals surface area contributed by atoms with Crippen LogP contribution in [-0.2, 0) is 24.9 Å². The Morgan fingerprint density at radius 1 is 1.18 bits per heavy atom. The molecule has 0 unspecified atom stereocenters. The van der Waals surface area contributed by atoms with E-state index in [1.165, 1.54) is 17.1 Å². The van der Waals surface area contributed by atoms with Crippen molar-refractivity contribution in [3.63, 3.8) is 0 Å². The first-order valence-corrected chi connectivity index (χ1v) is 9.34. The minimum absolute atomic E-state index is 0.233. The minimum Gasteiger partial charge on any atom is -0.312 e. The van der Waals surface area contributed by atoms with Crippen molar-refractivity contribution < 1.29 is 4.79 Å². The van der Waals surface area contributed by atoms with Gasteiger partial charge in [0.25, 0.3) is 5.56 Å². The maximum Gasteiger partial charge on any atom is 0.332 e. The van der Waals surface area contributed by atoms with Gasteiger partial charge in [0.15, 0.2) is 11.2 Å². The van der Waals surface area contributed by atoms with Crippen LogP contribution in [0.1, 0.15) is 24.5 Å². The van der Waals surface area contributed by atoms with Crippen molar-refractivity contribution in [3.05, 3.63) is 50.2 Å². The zero-order valence-electron chi connectivity index (χ0n) is 16.5. The Morgan fingerprint density at radius 3 is 2.61 bits per heavy atom. The number of aryl methyl sites for hydroxylation is 4. The molecule has 1 aromatic carbocycles. The van der Waals surface area contributed by atoms with E-state index in [4.69, 9.17) is 0 Å². The summed E-state index contributed by atoms with van der Waals surface area (Å²) in [6.45, 7) is 6.66. The molecule has 146 valence electrons. The van der Waals surface area contributed by atoms with Gasteiger partial charge in [-0.25, -0.2) is 4.79 Å². The average molecular weight is 381 g/mol. The molecule has 0 aliphatic carbocycles. The number of ketones is 1. The molecule has 3 heterocycles. The molecule has 0 N–H and O–H groups in total. The first-order chi connectivity index (χ1) is 13.3. The molecule has 0 amide bonds. The van der Waals surface area contributed by atoms with Gasteiger partial charge in [0, 0.05) is 25.8 Å². The van der Waals surface area contributed by atoms with E-state index >= 15 is 0 Å². The second-order valence-corrected chi connectivity index (χ2v) is 7.47. The Morgan fingerprint density at radius 2 is 1.93 bits per heavy atom. The van der Waals surface area contributed by atoms with E-state index in [1.54, 1.807) is 7.05 Å². The van der Waals surface area contributed by atoms with E-state index in [2.05, 4.69) is 41.9 Å². The van der Waals surface area contributed by atoms with Crippen molar-refractivity contribution in [2.45, 2.75) is 40.3 Å². The van der Waals surface area contributed by atoms with E-state index in [0.717, 1.165) is 28.8 Å². The van der Waals surface area contributed by atoms with E-state index in [1.807, 2.05) is 4.57 Å². The lowest BCUT2D eigenvalue weighted by Crippen LogP contribution is -2.41. The Hall–Kier alpha value is -3.16. The van der Waals surface area contributed by atoms with Crippen LogP contribution in [-0.4, -0.2) is 31.0 Å². The molecule has 28 heavy (non-hydrogen) atoms. The van der Waals surface area contributed by atoms with Crippen LogP contribution in [0.5, 0.6) is 0 Å². The molecule has 0 radical (unpaired) electrons. The van der Waals surface area contributed by atoms with Crippen molar-refractivity contribution in [1.29, 1.82) is 0 Å². The van der Waals surface area contributed by atoms with Crippen LogP contribution in [0.4, 0.5) is 11.6 Å². The molecule has 1 aliphatic rings. The van der Waals surface area contributed by atoms with E-state index in [-0.39, 0.29) is 12.3 Å². The molecule has 4 rings (SSSR count). The number of carbonyl (C=O) groups excluding carboxylic acids is 1. The highest BCUT2D eigenvalue weighted by Crippen LogP contribution is 2.33. The molecule has 8 heteroatoms. The Balaban J connectivity index is 1.99. The van der Waals surface area contributed by atoms with Crippen molar-refractivity contribution in [2.24, 2.45) is 7.05 Å². The van der Waals surface area contributed by atoms with Crippen molar-refractivity contribution >= 4 is 28.6 Å². The molecule has 3 aromatic rings. The van der Waals surface area contributed by atoms with Crippen molar-refractivity contribution in [2.75, 3.05) is 11.4 Å². The van der Waals surface area contributed by atoms with Crippen LogP contribution in [0.15, 0.2) is 27.8 Å². The van der Waals surface area contributed by atoms with Gasteiger partial charge in [-0.2, -0.15) is 4.98 Å². The number of fused-ring (bicyclic) bond motifs is 3. The molecule has 0 spiro atoms.